The van der Waals surface area contributed by atoms with Gasteiger partial charge in [-0.3, -0.25) is 4.79 Å². The number of nitrogens with one attached hydrogen (secondary N) is 1. The van der Waals surface area contributed by atoms with Crippen LogP contribution < -0.4 is 5.32 Å². The van der Waals surface area contributed by atoms with Crippen LogP contribution >= 0.6 is 15.9 Å². The second-order valence-corrected chi connectivity index (χ2v) is 5.27. The zero-order chi connectivity index (χ0) is 12.3. The predicted octanol–water partition coefficient (Wildman–Crippen LogP) is 3.53. The van der Waals surface area contributed by atoms with Crippen LogP contribution in [0.25, 0.3) is 0 Å². The molecule has 1 aromatic heterocycles. The second kappa shape index (κ2) is 4.95. The molecule has 0 saturated carbocycles. The maximum Gasteiger partial charge on any atom is 0.230 e. The number of hydrogen-bond acceptors (Lipinski definition) is 2. The van der Waals surface area contributed by atoms with Crippen LogP contribution in [0.15, 0.2) is 16.7 Å². The van der Waals surface area contributed by atoms with Gasteiger partial charge in [-0.1, -0.05) is 20.8 Å². The molecule has 0 bridgehead atoms. The van der Waals surface area contributed by atoms with Gasteiger partial charge < -0.3 is 5.32 Å². The molecule has 0 aromatic carbocycles. The maximum absolute atomic E-state index is 12.0. The summed E-state index contributed by atoms with van der Waals surface area (Å²) in [5, 5.41) is 2.91. The van der Waals surface area contributed by atoms with Crippen molar-refractivity contribution in [1.82, 2.24) is 4.98 Å². The Balaban J connectivity index is 2.85. The van der Waals surface area contributed by atoms with Gasteiger partial charge in [0.1, 0.15) is 4.60 Å². The molecule has 0 spiro atoms. The quantitative estimate of drug-likeness (QED) is 0.863. The van der Waals surface area contributed by atoms with Gasteiger partial charge in [0, 0.05) is 5.41 Å². The largest absolute Gasteiger partial charge is 0.324 e. The molecule has 1 amide bonds. The highest BCUT2D eigenvalue weighted by Gasteiger charge is 2.25. The Bertz CT molecular complexity index is 402. The summed E-state index contributed by atoms with van der Waals surface area (Å²) >= 11 is 3.29. The lowest BCUT2D eigenvalue weighted by molar-refractivity contribution is -0.124. The average Bonchev–Trinajstić information content (AvgIpc) is 2.22. The number of carbonyl (C=O) groups excluding carboxylic acids is 1. The number of aromatic nitrogens is 1. The Morgan fingerprint density at radius 3 is 2.62 bits per heavy atom. The van der Waals surface area contributed by atoms with Crippen LogP contribution in [0.5, 0.6) is 0 Å². The molecule has 3 nitrogen and oxygen atoms in total. The zero-order valence-corrected chi connectivity index (χ0v) is 11.7. The number of pyridine rings is 1. The molecule has 0 aliphatic heterocycles. The molecule has 4 heteroatoms. The molecule has 0 aliphatic rings. The van der Waals surface area contributed by atoms with Crippen molar-refractivity contribution in [2.45, 2.75) is 34.1 Å². The van der Waals surface area contributed by atoms with Crippen LogP contribution in [-0.2, 0) is 4.79 Å². The summed E-state index contributed by atoms with van der Waals surface area (Å²) in [6.45, 7) is 7.75. The standard InChI is InChI=1S/C12H17BrN2O/c1-5-12(3,4)11(16)15-9-6-7-10(13)14-8(9)2/h6-7H,5H2,1-4H3,(H,15,16). The summed E-state index contributed by atoms with van der Waals surface area (Å²) in [6.07, 6.45) is 0.807. The molecule has 0 aliphatic carbocycles. The Labute approximate surface area is 105 Å². The molecular weight excluding hydrogens is 268 g/mol. The molecule has 0 saturated heterocycles. The molecule has 88 valence electrons. The van der Waals surface area contributed by atoms with Crippen LogP contribution in [0, 0.1) is 12.3 Å². The lowest BCUT2D eigenvalue weighted by atomic mass is 9.89. The highest BCUT2D eigenvalue weighted by atomic mass is 79.9. The number of halogens is 1. The first-order chi connectivity index (χ1) is 7.36. The van der Waals surface area contributed by atoms with E-state index in [1.54, 1.807) is 0 Å². The van der Waals surface area contributed by atoms with Gasteiger partial charge in [-0.2, -0.15) is 0 Å². The molecule has 0 unspecified atom stereocenters. The van der Waals surface area contributed by atoms with E-state index in [9.17, 15) is 4.79 Å². The minimum absolute atomic E-state index is 0.0298. The minimum atomic E-state index is -0.348. The van der Waals surface area contributed by atoms with Gasteiger partial charge in [-0.15, -0.1) is 0 Å². The van der Waals surface area contributed by atoms with E-state index < -0.39 is 0 Å². The second-order valence-electron chi connectivity index (χ2n) is 4.46. The molecule has 16 heavy (non-hydrogen) atoms. The lowest BCUT2D eigenvalue weighted by Gasteiger charge is -2.21. The molecule has 1 heterocycles. The van der Waals surface area contributed by atoms with Crippen LogP contribution in [-0.4, -0.2) is 10.9 Å². The normalized spacial score (nSPS) is 11.3. The topological polar surface area (TPSA) is 42.0 Å². The van der Waals surface area contributed by atoms with Crippen LogP contribution in [0.4, 0.5) is 5.69 Å². The fourth-order valence-electron chi connectivity index (χ4n) is 1.11. The SMILES string of the molecule is CCC(C)(C)C(=O)Nc1ccc(Br)nc1C. The number of aryl methyl sites for hydroxylation is 1. The Morgan fingerprint density at radius 1 is 1.50 bits per heavy atom. The van der Waals surface area contributed by atoms with Gasteiger partial charge in [0.25, 0.3) is 0 Å². The summed E-state index contributed by atoms with van der Waals surface area (Å²) in [5.41, 5.74) is 1.24. The molecular formula is C12H17BrN2O. The number of anilines is 1. The first-order valence-corrected chi connectivity index (χ1v) is 6.10. The number of hydrogen-bond donors (Lipinski definition) is 1. The van der Waals surface area contributed by atoms with E-state index in [1.807, 2.05) is 39.8 Å². The number of carbonyl (C=O) groups is 1. The van der Waals surface area contributed by atoms with Crippen molar-refractivity contribution in [3.8, 4) is 0 Å². The minimum Gasteiger partial charge on any atom is -0.324 e. The van der Waals surface area contributed by atoms with E-state index >= 15 is 0 Å². The van der Waals surface area contributed by atoms with Gasteiger partial charge in [0.2, 0.25) is 5.91 Å². The molecule has 0 fully saturated rings. The van der Waals surface area contributed by atoms with Gasteiger partial charge in [-0.25, -0.2) is 4.98 Å². The smallest absolute Gasteiger partial charge is 0.230 e. The van der Waals surface area contributed by atoms with Crippen LogP contribution in [0.2, 0.25) is 0 Å². The van der Waals surface area contributed by atoms with E-state index in [1.165, 1.54) is 0 Å². The molecule has 0 atom stereocenters. The third kappa shape index (κ3) is 3.04. The summed E-state index contributed by atoms with van der Waals surface area (Å²) < 4.78 is 0.776. The van der Waals surface area contributed by atoms with E-state index in [2.05, 4.69) is 26.2 Å². The summed E-state index contributed by atoms with van der Waals surface area (Å²) in [7, 11) is 0. The number of nitrogens with zero attached hydrogens (tertiary/aromatic N) is 1. The molecule has 1 aromatic rings. The Morgan fingerprint density at radius 2 is 2.12 bits per heavy atom. The summed E-state index contributed by atoms with van der Waals surface area (Å²) in [5.74, 6) is 0.0298. The van der Waals surface area contributed by atoms with E-state index in [-0.39, 0.29) is 11.3 Å². The number of rotatable bonds is 3. The van der Waals surface area contributed by atoms with Gasteiger partial charge in [-0.05, 0) is 41.4 Å². The third-order valence-corrected chi connectivity index (χ3v) is 3.24. The third-order valence-electron chi connectivity index (χ3n) is 2.80. The van der Waals surface area contributed by atoms with Crippen LogP contribution in [0.1, 0.15) is 32.9 Å². The summed E-state index contributed by atoms with van der Waals surface area (Å²) in [6, 6.07) is 3.68. The lowest BCUT2D eigenvalue weighted by Crippen LogP contribution is -2.30. The van der Waals surface area contributed by atoms with E-state index in [0.29, 0.717) is 0 Å². The van der Waals surface area contributed by atoms with Gasteiger partial charge in [0.05, 0.1) is 11.4 Å². The fraction of sp³-hybridized carbons (Fsp3) is 0.500. The Hall–Kier alpha value is -0.900. The van der Waals surface area contributed by atoms with Gasteiger partial charge in [0.15, 0.2) is 0 Å². The highest BCUT2D eigenvalue weighted by Crippen LogP contribution is 2.23. The van der Waals surface area contributed by atoms with Crippen molar-refractivity contribution in [2.75, 3.05) is 5.32 Å². The first kappa shape index (κ1) is 13.2. The van der Waals surface area contributed by atoms with Crippen molar-refractivity contribution in [3.05, 3.63) is 22.4 Å². The fourth-order valence-corrected chi connectivity index (χ4v) is 1.51. The Kier molecular flexibility index (Phi) is 4.08. The van der Waals surface area contributed by atoms with Crippen molar-refractivity contribution < 1.29 is 4.79 Å². The van der Waals surface area contributed by atoms with Crippen molar-refractivity contribution >= 4 is 27.5 Å². The molecule has 1 N–H and O–H groups in total. The molecule has 0 radical (unpaired) electrons. The number of amides is 1. The van der Waals surface area contributed by atoms with E-state index in [0.717, 1.165) is 22.4 Å². The average molecular weight is 285 g/mol. The maximum atomic E-state index is 12.0. The zero-order valence-electron chi connectivity index (χ0n) is 10.1. The first-order valence-electron chi connectivity index (χ1n) is 5.31. The van der Waals surface area contributed by atoms with Crippen molar-refractivity contribution in [2.24, 2.45) is 5.41 Å². The van der Waals surface area contributed by atoms with Crippen LogP contribution in [0.3, 0.4) is 0 Å². The monoisotopic (exact) mass is 284 g/mol. The summed E-state index contributed by atoms with van der Waals surface area (Å²) in [4.78, 5) is 16.2. The van der Waals surface area contributed by atoms with Crippen molar-refractivity contribution in [1.29, 1.82) is 0 Å². The van der Waals surface area contributed by atoms with E-state index in [4.69, 9.17) is 0 Å². The predicted molar refractivity (Wildman–Crippen MR) is 69.4 cm³/mol. The van der Waals surface area contributed by atoms with Gasteiger partial charge >= 0.3 is 0 Å². The van der Waals surface area contributed by atoms with Crippen molar-refractivity contribution in [3.63, 3.8) is 0 Å². The highest BCUT2D eigenvalue weighted by molar-refractivity contribution is 9.10. The molecule has 1 rings (SSSR count).